The predicted octanol–water partition coefficient (Wildman–Crippen LogP) is 1.93. The van der Waals surface area contributed by atoms with Crippen LogP contribution in [0.1, 0.15) is 31.4 Å². The monoisotopic (exact) mass is 271 g/mol. The Morgan fingerprint density at radius 1 is 1.30 bits per heavy atom. The number of urea groups is 1. The number of hydrogen-bond acceptors (Lipinski definition) is 3. The summed E-state index contributed by atoms with van der Waals surface area (Å²) in [6.07, 6.45) is 1.07. The van der Waals surface area contributed by atoms with Crippen LogP contribution in [-0.2, 0) is 16.8 Å². The molecule has 1 unspecified atom stereocenters. The summed E-state index contributed by atoms with van der Waals surface area (Å²) in [6.45, 7) is 3.88. The molecule has 0 aliphatic carbocycles. The highest BCUT2D eigenvalue weighted by atomic mass is 16.2. The first kappa shape index (κ1) is 14.1. The molecule has 0 bridgehead atoms. The fraction of sp³-hybridized carbons (Fsp3) is 0.400. The summed E-state index contributed by atoms with van der Waals surface area (Å²) in [5.74, 6) is -0.304. The van der Waals surface area contributed by atoms with Crippen LogP contribution >= 0.6 is 0 Å². The van der Waals surface area contributed by atoms with Gasteiger partial charge < -0.3 is 5.32 Å². The van der Waals surface area contributed by atoms with Gasteiger partial charge in [0.15, 0.2) is 0 Å². The standard InChI is InChI=1S/C15H17N3O2/c1-3-11-5-7-12(8-6-11)15(2)13(19)18(10-4-9-16)14(20)17-15/h5-8H,3-4,10H2,1-2H3,(H,17,20). The molecule has 0 aromatic heterocycles. The molecule has 1 heterocycles. The van der Waals surface area contributed by atoms with Gasteiger partial charge in [-0.25, -0.2) is 4.79 Å². The van der Waals surface area contributed by atoms with Crippen molar-refractivity contribution >= 4 is 11.9 Å². The van der Waals surface area contributed by atoms with Crippen LogP contribution in [0.15, 0.2) is 24.3 Å². The number of nitrogens with one attached hydrogen (secondary N) is 1. The first-order valence-corrected chi connectivity index (χ1v) is 6.63. The average molecular weight is 271 g/mol. The molecule has 1 saturated heterocycles. The zero-order chi connectivity index (χ0) is 14.8. The summed E-state index contributed by atoms with van der Waals surface area (Å²) in [5.41, 5.74) is 0.890. The number of nitriles is 1. The van der Waals surface area contributed by atoms with E-state index in [9.17, 15) is 9.59 Å². The minimum Gasteiger partial charge on any atom is -0.319 e. The number of hydrogen-bond donors (Lipinski definition) is 1. The fourth-order valence-corrected chi connectivity index (χ4v) is 2.33. The van der Waals surface area contributed by atoms with E-state index in [2.05, 4.69) is 12.2 Å². The molecule has 0 spiro atoms. The van der Waals surface area contributed by atoms with Crippen LogP contribution in [0, 0.1) is 11.3 Å². The molecular weight excluding hydrogens is 254 g/mol. The molecule has 3 amide bonds. The molecule has 1 aromatic rings. The number of nitrogens with zero attached hydrogens (tertiary/aromatic N) is 2. The Morgan fingerprint density at radius 2 is 1.95 bits per heavy atom. The Labute approximate surface area is 118 Å². The second kappa shape index (κ2) is 5.33. The third kappa shape index (κ3) is 2.25. The lowest BCUT2D eigenvalue weighted by molar-refractivity contribution is -0.131. The van der Waals surface area contributed by atoms with Crippen molar-refractivity contribution in [2.75, 3.05) is 6.54 Å². The van der Waals surface area contributed by atoms with E-state index in [-0.39, 0.29) is 18.9 Å². The first-order chi connectivity index (χ1) is 9.52. The van der Waals surface area contributed by atoms with Gasteiger partial charge in [-0.3, -0.25) is 9.69 Å². The van der Waals surface area contributed by atoms with Crippen LogP contribution < -0.4 is 5.32 Å². The second-order valence-corrected chi connectivity index (χ2v) is 4.97. The van der Waals surface area contributed by atoms with Gasteiger partial charge in [0.25, 0.3) is 5.91 Å². The van der Waals surface area contributed by atoms with Gasteiger partial charge in [-0.2, -0.15) is 5.26 Å². The summed E-state index contributed by atoms with van der Waals surface area (Å²) in [7, 11) is 0. The van der Waals surface area contributed by atoms with Gasteiger partial charge >= 0.3 is 6.03 Å². The lowest BCUT2D eigenvalue weighted by Gasteiger charge is -2.22. The highest BCUT2D eigenvalue weighted by Gasteiger charge is 2.48. The Morgan fingerprint density at radius 3 is 2.50 bits per heavy atom. The van der Waals surface area contributed by atoms with Crippen LogP contribution in [0.4, 0.5) is 4.79 Å². The molecule has 1 aliphatic rings. The van der Waals surface area contributed by atoms with E-state index in [1.807, 2.05) is 30.3 Å². The third-order valence-corrected chi connectivity index (χ3v) is 3.66. The van der Waals surface area contributed by atoms with E-state index >= 15 is 0 Å². The van der Waals surface area contributed by atoms with Crippen LogP contribution in [0.5, 0.6) is 0 Å². The lowest BCUT2D eigenvalue weighted by atomic mass is 9.91. The molecule has 5 nitrogen and oxygen atoms in total. The first-order valence-electron chi connectivity index (χ1n) is 6.63. The van der Waals surface area contributed by atoms with E-state index in [1.165, 1.54) is 5.56 Å². The van der Waals surface area contributed by atoms with Gasteiger partial charge in [-0.05, 0) is 24.5 Å². The summed E-state index contributed by atoms with van der Waals surface area (Å²) < 4.78 is 0. The number of carbonyl (C=O) groups is 2. The van der Waals surface area contributed by atoms with Crippen LogP contribution in [0.3, 0.4) is 0 Å². The average Bonchev–Trinajstić information content (AvgIpc) is 2.68. The van der Waals surface area contributed by atoms with Gasteiger partial charge in [0.1, 0.15) is 5.54 Å². The lowest BCUT2D eigenvalue weighted by Crippen LogP contribution is -2.41. The second-order valence-electron chi connectivity index (χ2n) is 4.97. The van der Waals surface area contributed by atoms with Gasteiger partial charge in [0, 0.05) is 6.54 Å². The topological polar surface area (TPSA) is 73.2 Å². The number of imide groups is 1. The van der Waals surface area contributed by atoms with Crippen molar-refractivity contribution in [2.45, 2.75) is 32.2 Å². The Balaban J connectivity index is 2.28. The molecule has 5 heteroatoms. The number of amides is 3. The molecule has 0 radical (unpaired) electrons. The minimum absolute atomic E-state index is 0.129. The highest BCUT2D eigenvalue weighted by Crippen LogP contribution is 2.29. The van der Waals surface area contributed by atoms with Crippen molar-refractivity contribution < 1.29 is 9.59 Å². The smallest absolute Gasteiger partial charge is 0.319 e. The van der Waals surface area contributed by atoms with Crippen molar-refractivity contribution in [3.8, 4) is 6.07 Å². The molecule has 1 N–H and O–H groups in total. The minimum atomic E-state index is -1.04. The largest absolute Gasteiger partial charge is 0.325 e. The van der Waals surface area contributed by atoms with E-state index in [0.717, 1.165) is 16.9 Å². The molecular formula is C15H17N3O2. The zero-order valence-corrected chi connectivity index (χ0v) is 11.6. The SMILES string of the molecule is CCc1ccc(C2(C)NC(=O)N(CCC#N)C2=O)cc1. The zero-order valence-electron chi connectivity index (χ0n) is 11.6. The molecule has 1 aliphatic heterocycles. The molecule has 20 heavy (non-hydrogen) atoms. The van der Waals surface area contributed by atoms with Crippen LogP contribution in [0.25, 0.3) is 0 Å². The summed E-state index contributed by atoms with van der Waals surface area (Å²) in [5, 5.41) is 11.3. The van der Waals surface area contributed by atoms with E-state index in [1.54, 1.807) is 6.92 Å². The number of benzene rings is 1. The van der Waals surface area contributed by atoms with Crippen molar-refractivity contribution in [1.29, 1.82) is 5.26 Å². The van der Waals surface area contributed by atoms with E-state index < -0.39 is 11.6 Å². The molecule has 1 aromatic carbocycles. The van der Waals surface area contributed by atoms with Gasteiger partial charge in [-0.1, -0.05) is 31.2 Å². The number of rotatable bonds is 4. The van der Waals surface area contributed by atoms with E-state index in [0.29, 0.717) is 0 Å². The summed E-state index contributed by atoms with van der Waals surface area (Å²) >= 11 is 0. The van der Waals surface area contributed by atoms with Crippen LogP contribution in [-0.4, -0.2) is 23.4 Å². The summed E-state index contributed by atoms with van der Waals surface area (Å²) in [6, 6.07) is 9.15. The van der Waals surface area contributed by atoms with E-state index in [4.69, 9.17) is 5.26 Å². The third-order valence-electron chi connectivity index (χ3n) is 3.66. The van der Waals surface area contributed by atoms with Gasteiger partial charge in [0.2, 0.25) is 0 Å². The maximum atomic E-state index is 12.4. The Hall–Kier alpha value is -2.35. The van der Waals surface area contributed by atoms with Crippen molar-refractivity contribution in [3.63, 3.8) is 0 Å². The van der Waals surface area contributed by atoms with Crippen molar-refractivity contribution in [3.05, 3.63) is 35.4 Å². The number of carbonyl (C=O) groups excluding carboxylic acids is 2. The Bertz CT molecular complexity index is 574. The number of aryl methyl sites for hydroxylation is 1. The molecule has 104 valence electrons. The molecule has 1 fully saturated rings. The highest BCUT2D eigenvalue weighted by molar-refractivity contribution is 6.07. The van der Waals surface area contributed by atoms with Crippen molar-refractivity contribution in [1.82, 2.24) is 10.2 Å². The maximum Gasteiger partial charge on any atom is 0.325 e. The van der Waals surface area contributed by atoms with Crippen LogP contribution in [0.2, 0.25) is 0 Å². The van der Waals surface area contributed by atoms with Gasteiger partial charge in [0.05, 0.1) is 12.5 Å². The van der Waals surface area contributed by atoms with Gasteiger partial charge in [-0.15, -0.1) is 0 Å². The quantitative estimate of drug-likeness (QED) is 0.850. The van der Waals surface area contributed by atoms with Crippen molar-refractivity contribution in [2.24, 2.45) is 0 Å². The Kier molecular flexibility index (Phi) is 3.75. The normalized spacial score (nSPS) is 21.8. The predicted molar refractivity (Wildman–Crippen MR) is 73.6 cm³/mol. The molecule has 1 atom stereocenters. The fourth-order valence-electron chi connectivity index (χ4n) is 2.33. The maximum absolute atomic E-state index is 12.4. The molecule has 2 rings (SSSR count). The molecule has 0 saturated carbocycles. The summed E-state index contributed by atoms with van der Waals surface area (Å²) in [4.78, 5) is 25.4.